The molecular weight excluding hydrogens is 587 g/mol. The maximum Gasteiger partial charge on any atom is 0.238 e. The number of nitrogens with two attached hydrogens (primary N) is 1. The van der Waals surface area contributed by atoms with E-state index >= 15 is 0 Å². The highest BCUT2D eigenvalue weighted by Crippen LogP contribution is 2.33. The Labute approximate surface area is 248 Å². The molecule has 5 rings (SSSR count). The van der Waals surface area contributed by atoms with Gasteiger partial charge in [-0.3, -0.25) is 9.00 Å². The van der Waals surface area contributed by atoms with Gasteiger partial charge in [-0.15, -0.1) is 0 Å². The Morgan fingerprint density at radius 1 is 1.20 bits per heavy atom. The van der Waals surface area contributed by atoms with Gasteiger partial charge in [-0.2, -0.15) is 5.10 Å². The van der Waals surface area contributed by atoms with E-state index in [2.05, 4.69) is 15.1 Å². The number of hydrogen-bond donors (Lipinski definition) is 2. The number of H-pyrrole nitrogens is 1. The molecule has 0 aliphatic rings. The minimum atomic E-state index is -2.07. The van der Waals surface area contributed by atoms with Crippen molar-refractivity contribution in [2.75, 3.05) is 30.0 Å². The number of carbonyl (C=O) groups excluding carboxylic acids is 1. The summed E-state index contributed by atoms with van der Waals surface area (Å²) in [4.78, 5) is 22.7. The molecule has 0 aliphatic carbocycles. The number of halogens is 2. The molecule has 0 saturated heterocycles. The number of nitrogen functional groups attached to an aromatic ring is 1. The number of benzene rings is 2. The highest BCUT2D eigenvalue weighted by molar-refractivity contribution is 7.79. The molecule has 3 N–H and O–H groups in total. The number of nitrogens with one attached hydrogen (secondary N) is 1. The third kappa shape index (κ3) is 6.08. The van der Waals surface area contributed by atoms with Crippen LogP contribution in [0, 0.1) is 6.92 Å². The average Bonchev–Trinajstić information content (AvgIpc) is 3.52. The number of aromatic nitrogens is 4. The predicted molar refractivity (Wildman–Crippen MR) is 160 cm³/mol. The first-order chi connectivity index (χ1) is 19.6. The van der Waals surface area contributed by atoms with Crippen molar-refractivity contribution in [1.82, 2.24) is 19.7 Å². The second-order valence-corrected chi connectivity index (χ2v) is 11.2. The highest BCUT2D eigenvalue weighted by Gasteiger charge is 2.21. The molecule has 10 nitrogen and oxygen atoms in total. The molecule has 0 radical (unpaired) electrons. The van der Waals surface area contributed by atoms with E-state index < -0.39 is 11.1 Å². The topological polar surface area (TPSA) is 142 Å². The van der Waals surface area contributed by atoms with Gasteiger partial charge in [0, 0.05) is 48.2 Å². The third-order valence-corrected chi connectivity index (χ3v) is 7.75. The van der Waals surface area contributed by atoms with E-state index in [-0.39, 0.29) is 28.8 Å². The molecule has 3 aromatic heterocycles. The first-order valence-electron chi connectivity index (χ1n) is 12.5. The summed E-state index contributed by atoms with van der Waals surface area (Å²) in [6.45, 7) is 2.55. The number of nitrogens with zero attached hydrogens (tertiary/aromatic N) is 4. The van der Waals surface area contributed by atoms with Crippen LogP contribution in [0.3, 0.4) is 0 Å². The Morgan fingerprint density at radius 2 is 2.00 bits per heavy atom. The fourth-order valence-corrected chi connectivity index (χ4v) is 5.28. The summed E-state index contributed by atoms with van der Waals surface area (Å²) in [6.07, 6.45) is 3.48. The summed E-state index contributed by atoms with van der Waals surface area (Å²) in [6, 6.07) is 14.0. The van der Waals surface area contributed by atoms with Crippen molar-refractivity contribution in [2.45, 2.75) is 13.3 Å². The van der Waals surface area contributed by atoms with Gasteiger partial charge in [-0.25, -0.2) is 9.67 Å². The maximum atomic E-state index is 13.5. The van der Waals surface area contributed by atoms with Crippen molar-refractivity contribution in [3.05, 3.63) is 87.8 Å². The van der Waals surface area contributed by atoms with Gasteiger partial charge < -0.3 is 24.9 Å². The Balaban J connectivity index is 1.37. The minimum absolute atomic E-state index is 0.102. The molecule has 13 heteroatoms. The van der Waals surface area contributed by atoms with E-state index in [1.807, 2.05) is 31.0 Å². The Morgan fingerprint density at radius 3 is 2.73 bits per heavy atom. The minimum Gasteiger partial charge on any atom is -0.772 e. The lowest BCUT2D eigenvalue weighted by molar-refractivity contribution is 0.103. The summed E-state index contributed by atoms with van der Waals surface area (Å²) in [5.41, 5.74) is 10.1. The molecule has 41 heavy (non-hydrogen) atoms. The first kappa shape index (κ1) is 28.6. The lowest BCUT2D eigenvalue weighted by Crippen LogP contribution is -2.21. The molecule has 1 atom stereocenters. The standard InChI is InChI=1S/C28H26Cl2N6O4S/c1-16-11-17-12-23(34-22(17)14-25(16)35(2)9-4-10-41(38)39)26(37)19-15-33-36(27(19)31)24-7-6-18(13-21(24)30)40-28-20(29)5-3-8-32-28/h3,5-8,11-15,34H,4,9-10,31H2,1-2H3,(H,38,39)/p-1. The first-order valence-corrected chi connectivity index (χ1v) is 14.5. The highest BCUT2D eigenvalue weighted by atomic mass is 35.5. The molecule has 0 spiro atoms. The molecular formula is C28H25Cl2N6O4S-. The van der Waals surface area contributed by atoms with Gasteiger partial charge in [0.05, 0.1) is 28.2 Å². The molecule has 1 unspecified atom stereocenters. The van der Waals surface area contributed by atoms with E-state index in [1.54, 1.807) is 42.6 Å². The van der Waals surface area contributed by atoms with Gasteiger partial charge >= 0.3 is 0 Å². The van der Waals surface area contributed by atoms with Gasteiger partial charge in [0.25, 0.3) is 0 Å². The van der Waals surface area contributed by atoms with Crippen LogP contribution in [0.15, 0.2) is 60.9 Å². The van der Waals surface area contributed by atoms with Crippen LogP contribution in [-0.4, -0.2) is 53.6 Å². The zero-order valence-electron chi connectivity index (χ0n) is 22.1. The van der Waals surface area contributed by atoms with Crippen LogP contribution in [0.25, 0.3) is 16.6 Å². The third-order valence-electron chi connectivity index (χ3n) is 6.54. The molecule has 0 aliphatic heterocycles. The fraction of sp³-hybridized carbons (Fsp3) is 0.179. The number of pyridine rings is 1. The van der Waals surface area contributed by atoms with E-state index in [1.165, 1.54) is 10.9 Å². The second kappa shape index (κ2) is 11.9. The molecule has 3 heterocycles. The number of aryl methyl sites for hydroxylation is 1. The van der Waals surface area contributed by atoms with Crippen LogP contribution in [0.4, 0.5) is 11.5 Å². The Bertz CT molecular complexity index is 1790. The smallest absolute Gasteiger partial charge is 0.238 e. The van der Waals surface area contributed by atoms with Crippen LogP contribution >= 0.6 is 23.2 Å². The number of aromatic amines is 1. The molecule has 0 amide bonds. The second-order valence-electron chi connectivity index (χ2n) is 9.38. The normalized spacial score (nSPS) is 12.0. The van der Waals surface area contributed by atoms with Crippen LogP contribution in [-0.2, 0) is 11.1 Å². The van der Waals surface area contributed by atoms with Crippen molar-refractivity contribution in [2.24, 2.45) is 0 Å². The van der Waals surface area contributed by atoms with E-state index in [0.29, 0.717) is 40.1 Å². The summed E-state index contributed by atoms with van der Waals surface area (Å²) >= 11 is 10.6. The molecule has 5 aromatic rings. The van der Waals surface area contributed by atoms with Crippen molar-refractivity contribution in [3.63, 3.8) is 0 Å². The number of ether oxygens (including phenoxy) is 1. The molecule has 0 fully saturated rings. The Kier molecular flexibility index (Phi) is 8.32. The summed E-state index contributed by atoms with van der Waals surface area (Å²) < 4.78 is 28.8. The number of rotatable bonds is 10. The molecule has 2 aromatic carbocycles. The van der Waals surface area contributed by atoms with E-state index in [4.69, 9.17) is 33.7 Å². The lowest BCUT2D eigenvalue weighted by atomic mass is 10.1. The summed E-state index contributed by atoms with van der Waals surface area (Å²) in [5, 5.41) is 5.83. The number of carbonyl (C=O) groups is 1. The number of anilines is 2. The van der Waals surface area contributed by atoms with Crippen molar-refractivity contribution in [3.8, 4) is 17.3 Å². The van der Waals surface area contributed by atoms with Crippen LogP contribution in [0.1, 0.15) is 28.0 Å². The lowest BCUT2D eigenvalue weighted by Gasteiger charge is -2.22. The van der Waals surface area contributed by atoms with E-state index in [9.17, 15) is 13.6 Å². The van der Waals surface area contributed by atoms with Crippen molar-refractivity contribution in [1.29, 1.82) is 0 Å². The van der Waals surface area contributed by atoms with Crippen LogP contribution < -0.4 is 15.4 Å². The maximum absolute atomic E-state index is 13.5. The van der Waals surface area contributed by atoms with E-state index in [0.717, 1.165) is 22.2 Å². The number of hydrogen-bond acceptors (Lipinski definition) is 8. The van der Waals surface area contributed by atoms with Gasteiger partial charge in [0.15, 0.2) is 0 Å². The quantitative estimate of drug-likeness (QED) is 0.152. The fourth-order valence-electron chi connectivity index (χ4n) is 4.51. The van der Waals surface area contributed by atoms with Crippen molar-refractivity contribution >= 4 is 62.5 Å². The van der Waals surface area contributed by atoms with Gasteiger partial charge in [0.2, 0.25) is 11.7 Å². The zero-order chi connectivity index (χ0) is 29.3. The zero-order valence-corrected chi connectivity index (χ0v) is 24.4. The van der Waals surface area contributed by atoms with Crippen LogP contribution in [0.2, 0.25) is 10.0 Å². The SMILES string of the molecule is Cc1cc2cc(C(=O)c3cnn(-c4ccc(Oc5ncccc5Cl)cc4Cl)c3N)[nH]c2cc1N(C)CCCS(=O)[O-]. The van der Waals surface area contributed by atoms with Crippen molar-refractivity contribution < 1.29 is 18.3 Å². The van der Waals surface area contributed by atoms with Gasteiger partial charge in [-0.05, 0) is 61.4 Å². The molecule has 0 saturated carbocycles. The molecule has 0 bridgehead atoms. The Hall–Kier alpha value is -3.90. The van der Waals surface area contributed by atoms with Crippen LogP contribution in [0.5, 0.6) is 11.6 Å². The predicted octanol–water partition coefficient (Wildman–Crippen LogP) is 5.67. The largest absolute Gasteiger partial charge is 0.772 e. The van der Waals surface area contributed by atoms with Gasteiger partial charge in [0.1, 0.15) is 16.6 Å². The summed E-state index contributed by atoms with van der Waals surface area (Å²) in [5.74, 6) is 0.569. The molecule has 212 valence electrons. The average molecular weight is 613 g/mol. The number of fused-ring (bicyclic) bond motifs is 1. The summed E-state index contributed by atoms with van der Waals surface area (Å²) in [7, 11) is 1.91. The number of ketones is 1. The monoisotopic (exact) mass is 611 g/mol. The van der Waals surface area contributed by atoms with Gasteiger partial charge in [-0.1, -0.05) is 34.3 Å².